The third kappa shape index (κ3) is 3.89. The zero-order chi connectivity index (χ0) is 23.5. The number of hydrogen-bond acceptors (Lipinski definition) is 6. The van der Waals surface area contributed by atoms with Crippen molar-refractivity contribution in [1.82, 2.24) is 34.4 Å². The van der Waals surface area contributed by atoms with E-state index in [9.17, 15) is 9.50 Å². The standard InChI is InChI=1S/C24H26FN7O/c1-23(2)9-15(10-24(3,4)30-23)17-6-7-32-13-18(29-22(32)28-17)20-19(33)8-14(11-26-20)16-12-27-31(5)21(16)25/h6-9,11-13,30,33H,10H2,1-5H3. The molecule has 5 rings (SSSR count). The molecule has 0 spiro atoms. The molecule has 0 bridgehead atoms. The van der Waals surface area contributed by atoms with Gasteiger partial charge in [-0.2, -0.15) is 9.49 Å². The summed E-state index contributed by atoms with van der Waals surface area (Å²) < 4.78 is 17.1. The third-order valence-corrected chi connectivity index (χ3v) is 5.77. The lowest BCUT2D eigenvalue weighted by molar-refractivity contribution is 0.297. The van der Waals surface area contributed by atoms with E-state index in [1.54, 1.807) is 10.6 Å². The first-order valence-corrected chi connectivity index (χ1v) is 10.8. The second-order valence-corrected chi connectivity index (χ2v) is 9.79. The lowest BCUT2D eigenvalue weighted by Crippen LogP contribution is -2.53. The monoisotopic (exact) mass is 447 g/mol. The van der Waals surface area contributed by atoms with Gasteiger partial charge in [0.15, 0.2) is 0 Å². The normalized spacial score (nSPS) is 17.3. The summed E-state index contributed by atoms with van der Waals surface area (Å²) in [6.45, 7) is 8.66. The van der Waals surface area contributed by atoms with Crippen LogP contribution in [0, 0.1) is 5.95 Å². The lowest BCUT2D eigenvalue weighted by atomic mass is 9.82. The maximum absolute atomic E-state index is 14.2. The summed E-state index contributed by atoms with van der Waals surface area (Å²) in [6.07, 6.45) is 9.64. The van der Waals surface area contributed by atoms with Gasteiger partial charge < -0.3 is 10.4 Å². The van der Waals surface area contributed by atoms with E-state index in [0.29, 0.717) is 22.7 Å². The van der Waals surface area contributed by atoms with Gasteiger partial charge in [-0.15, -0.1) is 0 Å². The van der Waals surface area contributed by atoms with Crippen LogP contribution in [0.15, 0.2) is 43.0 Å². The summed E-state index contributed by atoms with van der Waals surface area (Å²) in [5.41, 5.74) is 3.35. The van der Waals surface area contributed by atoms with Gasteiger partial charge in [-0.3, -0.25) is 4.40 Å². The molecule has 0 saturated carbocycles. The Balaban J connectivity index is 1.51. The molecule has 0 amide bonds. The summed E-state index contributed by atoms with van der Waals surface area (Å²) in [6, 6.07) is 3.44. The molecule has 0 fully saturated rings. The minimum absolute atomic E-state index is 0.0484. The number of imidazole rings is 1. The van der Waals surface area contributed by atoms with E-state index in [4.69, 9.17) is 4.98 Å². The SMILES string of the molecule is Cn1ncc(-c2cnc(-c3cn4ccc(C5=CC(C)(C)NC(C)(C)C5)nc4n3)c(O)c2)c1F. The molecule has 1 aliphatic rings. The van der Waals surface area contributed by atoms with Gasteiger partial charge >= 0.3 is 0 Å². The molecular weight excluding hydrogens is 421 g/mol. The van der Waals surface area contributed by atoms with Gasteiger partial charge in [0.25, 0.3) is 0 Å². The average molecular weight is 448 g/mol. The Morgan fingerprint density at radius 3 is 2.55 bits per heavy atom. The van der Waals surface area contributed by atoms with Crippen LogP contribution in [-0.4, -0.2) is 45.3 Å². The first-order chi connectivity index (χ1) is 15.5. The van der Waals surface area contributed by atoms with Crippen LogP contribution >= 0.6 is 0 Å². The van der Waals surface area contributed by atoms with Crippen LogP contribution in [0.3, 0.4) is 0 Å². The maximum Gasteiger partial charge on any atom is 0.234 e. The highest BCUT2D eigenvalue weighted by Gasteiger charge is 2.33. The summed E-state index contributed by atoms with van der Waals surface area (Å²) in [4.78, 5) is 13.7. The van der Waals surface area contributed by atoms with Crippen LogP contribution < -0.4 is 5.32 Å². The molecule has 0 aromatic carbocycles. The Morgan fingerprint density at radius 1 is 1.12 bits per heavy atom. The second kappa shape index (κ2) is 7.21. The number of fused-ring (bicyclic) bond motifs is 1. The smallest absolute Gasteiger partial charge is 0.234 e. The van der Waals surface area contributed by atoms with Gasteiger partial charge in [-0.05, 0) is 51.8 Å². The van der Waals surface area contributed by atoms with Gasteiger partial charge in [-0.1, -0.05) is 6.08 Å². The molecule has 0 radical (unpaired) electrons. The molecule has 1 aliphatic heterocycles. The molecule has 0 saturated heterocycles. The van der Waals surface area contributed by atoms with Gasteiger partial charge in [0.05, 0.1) is 17.5 Å². The van der Waals surface area contributed by atoms with Crippen molar-refractivity contribution in [2.75, 3.05) is 0 Å². The minimum Gasteiger partial charge on any atom is -0.506 e. The maximum atomic E-state index is 14.2. The molecule has 2 N–H and O–H groups in total. The number of aromatic nitrogens is 6. The quantitative estimate of drug-likeness (QED) is 0.494. The molecular formula is C24H26FN7O. The number of halogens is 1. The Morgan fingerprint density at radius 2 is 1.88 bits per heavy atom. The summed E-state index contributed by atoms with van der Waals surface area (Å²) in [5, 5.41) is 18.1. The van der Waals surface area contributed by atoms with Gasteiger partial charge in [0.2, 0.25) is 11.7 Å². The van der Waals surface area contributed by atoms with Crippen molar-refractivity contribution in [3.63, 3.8) is 0 Å². The molecule has 0 atom stereocenters. The highest BCUT2D eigenvalue weighted by molar-refractivity contribution is 5.72. The van der Waals surface area contributed by atoms with Gasteiger partial charge in [-0.25, -0.2) is 19.6 Å². The van der Waals surface area contributed by atoms with Crippen molar-refractivity contribution < 1.29 is 9.50 Å². The zero-order valence-corrected chi connectivity index (χ0v) is 19.3. The molecule has 170 valence electrons. The van der Waals surface area contributed by atoms with E-state index < -0.39 is 5.95 Å². The Labute approximate surface area is 190 Å². The number of aryl methyl sites for hydroxylation is 1. The van der Waals surface area contributed by atoms with Crippen molar-refractivity contribution in [2.24, 2.45) is 7.05 Å². The van der Waals surface area contributed by atoms with E-state index in [0.717, 1.165) is 16.8 Å². The number of hydrogen-bond donors (Lipinski definition) is 2. The zero-order valence-electron chi connectivity index (χ0n) is 19.3. The topological polar surface area (TPSA) is 93.2 Å². The second-order valence-electron chi connectivity index (χ2n) is 9.79. The van der Waals surface area contributed by atoms with Gasteiger partial charge in [0.1, 0.15) is 17.1 Å². The summed E-state index contributed by atoms with van der Waals surface area (Å²) >= 11 is 0. The Kier molecular flexibility index (Phi) is 4.65. The highest BCUT2D eigenvalue weighted by Crippen LogP contribution is 2.34. The van der Waals surface area contributed by atoms with Crippen molar-refractivity contribution in [2.45, 2.75) is 45.2 Å². The van der Waals surface area contributed by atoms with E-state index in [1.165, 1.54) is 31.1 Å². The molecule has 33 heavy (non-hydrogen) atoms. The highest BCUT2D eigenvalue weighted by atomic mass is 19.1. The van der Waals surface area contributed by atoms with Crippen LogP contribution in [0.1, 0.15) is 39.8 Å². The van der Waals surface area contributed by atoms with E-state index >= 15 is 0 Å². The number of pyridine rings is 1. The molecule has 9 heteroatoms. The Hall–Kier alpha value is -3.59. The third-order valence-electron chi connectivity index (χ3n) is 5.77. The van der Waals surface area contributed by atoms with Crippen molar-refractivity contribution >= 4 is 11.4 Å². The van der Waals surface area contributed by atoms with Crippen LogP contribution in [0.5, 0.6) is 5.75 Å². The van der Waals surface area contributed by atoms with Crippen molar-refractivity contribution in [3.8, 4) is 28.3 Å². The number of nitrogens with one attached hydrogen (secondary N) is 1. The fourth-order valence-electron chi connectivity index (χ4n) is 4.66. The first kappa shape index (κ1) is 21.3. The number of nitrogens with zero attached hydrogens (tertiary/aromatic N) is 6. The van der Waals surface area contributed by atoms with E-state index in [1.807, 2.05) is 12.3 Å². The Bertz CT molecular complexity index is 1410. The first-order valence-electron chi connectivity index (χ1n) is 10.8. The van der Waals surface area contributed by atoms with Crippen molar-refractivity contribution in [3.05, 3.63) is 54.6 Å². The van der Waals surface area contributed by atoms with Crippen LogP contribution in [0.25, 0.3) is 33.9 Å². The fourth-order valence-corrected chi connectivity index (χ4v) is 4.66. The van der Waals surface area contributed by atoms with Gasteiger partial charge in [0, 0.05) is 42.3 Å². The molecule has 0 unspecified atom stereocenters. The van der Waals surface area contributed by atoms with E-state index in [-0.39, 0.29) is 22.4 Å². The van der Waals surface area contributed by atoms with Crippen LogP contribution in [0.4, 0.5) is 4.39 Å². The van der Waals surface area contributed by atoms with Crippen LogP contribution in [-0.2, 0) is 7.05 Å². The predicted molar refractivity (Wildman–Crippen MR) is 124 cm³/mol. The van der Waals surface area contributed by atoms with Crippen LogP contribution in [0.2, 0.25) is 0 Å². The average Bonchev–Trinajstić information content (AvgIpc) is 3.28. The molecule has 4 aromatic heterocycles. The molecule has 0 aliphatic carbocycles. The lowest BCUT2D eigenvalue weighted by Gasteiger charge is -2.41. The molecule has 5 heterocycles. The number of rotatable bonds is 3. The molecule has 8 nitrogen and oxygen atoms in total. The fraction of sp³-hybridized carbons (Fsp3) is 0.333. The minimum atomic E-state index is -0.494. The predicted octanol–water partition coefficient (Wildman–Crippen LogP) is 3.97. The summed E-state index contributed by atoms with van der Waals surface area (Å²) in [5.74, 6) is -0.0722. The van der Waals surface area contributed by atoms with E-state index in [2.05, 4.69) is 54.2 Å². The van der Waals surface area contributed by atoms with Crippen molar-refractivity contribution in [1.29, 1.82) is 0 Å². The number of aromatic hydroxyl groups is 1. The summed E-state index contributed by atoms with van der Waals surface area (Å²) in [7, 11) is 1.51. The molecule has 4 aromatic rings. The largest absolute Gasteiger partial charge is 0.506 e.